The van der Waals surface area contributed by atoms with Crippen LogP contribution in [0.3, 0.4) is 0 Å². The highest BCUT2D eigenvalue weighted by Crippen LogP contribution is 2.33. The van der Waals surface area contributed by atoms with Crippen LogP contribution < -0.4 is 5.32 Å². The van der Waals surface area contributed by atoms with Gasteiger partial charge in [0.25, 0.3) is 5.91 Å². The summed E-state index contributed by atoms with van der Waals surface area (Å²) in [6, 6.07) is 13.5. The van der Waals surface area contributed by atoms with E-state index in [2.05, 4.69) is 10.4 Å². The van der Waals surface area contributed by atoms with E-state index in [1.165, 1.54) is 0 Å². The largest absolute Gasteiger partial charge is 0.306 e. The molecule has 0 fully saturated rings. The van der Waals surface area contributed by atoms with E-state index in [0.717, 1.165) is 22.0 Å². The van der Waals surface area contributed by atoms with Gasteiger partial charge in [0.15, 0.2) is 0 Å². The molecule has 1 N–H and O–H groups in total. The van der Waals surface area contributed by atoms with Crippen LogP contribution >= 0.6 is 0 Å². The molecule has 2 heterocycles. The first-order valence-corrected chi connectivity index (χ1v) is 10.1. The maximum absolute atomic E-state index is 13.1. The Labute approximate surface area is 154 Å². The van der Waals surface area contributed by atoms with Crippen molar-refractivity contribution in [2.75, 3.05) is 5.32 Å². The summed E-state index contributed by atoms with van der Waals surface area (Å²) in [5.74, 6) is 1.38. The van der Waals surface area contributed by atoms with Crippen LogP contribution in [-0.4, -0.2) is 19.9 Å². The SMILES string of the molecule is CC(C)(C)n1nc2c(c1NC(=O)c1cccc3ccccc13)CS(=O)C2. The highest BCUT2D eigenvalue weighted by molar-refractivity contribution is 7.83. The summed E-state index contributed by atoms with van der Waals surface area (Å²) in [5.41, 5.74) is 2.06. The molecule has 1 aliphatic rings. The molecule has 1 amide bonds. The van der Waals surface area contributed by atoms with Gasteiger partial charge in [0.1, 0.15) is 5.82 Å². The maximum Gasteiger partial charge on any atom is 0.257 e. The van der Waals surface area contributed by atoms with E-state index in [-0.39, 0.29) is 11.4 Å². The third-order valence-electron chi connectivity index (χ3n) is 4.57. The summed E-state index contributed by atoms with van der Waals surface area (Å²) >= 11 is 0. The molecule has 0 saturated carbocycles. The average molecular weight is 367 g/mol. The van der Waals surface area contributed by atoms with Gasteiger partial charge in [0.05, 0.1) is 22.7 Å². The van der Waals surface area contributed by atoms with Crippen molar-refractivity contribution < 1.29 is 9.00 Å². The molecule has 0 aliphatic carbocycles. The predicted octanol–water partition coefficient (Wildman–Crippen LogP) is 3.81. The lowest BCUT2D eigenvalue weighted by Gasteiger charge is -2.23. The maximum atomic E-state index is 13.1. The molecular weight excluding hydrogens is 346 g/mol. The average Bonchev–Trinajstić information content (AvgIpc) is 3.11. The molecule has 1 unspecified atom stereocenters. The molecule has 2 aromatic carbocycles. The molecule has 1 atom stereocenters. The van der Waals surface area contributed by atoms with E-state index < -0.39 is 10.8 Å². The second-order valence-corrected chi connectivity index (χ2v) is 9.02. The van der Waals surface area contributed by atoms with Crippen molar-refractivity contribution >= 4 is 33.3 Å². The number of carbonyl (C=O) groups excluding carboxylic acids is 1. The van der Waals surface area contributed by atoms with Crippen molar-refractivity contribution in [1.29, 1.82) is 0 Å². The zero-order valence-corrected chi connectivity index (χ0v) is 15.9. The van der Waals surface area contributed by atoms with Crippen LogP contribution in [0.1, 0.15) is 42.4 Å². The van der Waals surface area contributed by atoms with Crippen LogP contribution in [0.5, 0.6) is 0 Å². The van der Waals surface area contributed by atoms with Crippen LogP contribution in [0.2, 0.25) is 0 Å². The number of carbonyl (C=O) groups is 1. The van der Waals surface area contributed by atoms with Crippen molar-refractivity contribution in [2.24, 2.45) is 0 Å². The first-order valence-electron chi connectivity index (χ1n) is 8.60. The van der Waals surface area contributed by atoms with Crippen molar-refractivity contribution in [1.82, 2.24) is 9.78 Å². The Morgan fingerprint density at radius 2 is 1.85 bits per heavy atom. The minimum atomic E-state index is -0.942. The van der Waals surface area contributed by atoms with Gasteiger partial charge in [-0.2, -0.15) is 5.10 Å². The highest BCUT2D eigenvalue weighted by atomic mass is 32.2. The van der Waals surface area contributed by atoms with Gasteiger partial charge in [-0.3, -0.25) is 9.00 Å². The highest BCUT2D eigenvalue weighted by Gasteiger charge is 2.31. The number of fused-ring (bicyclic) bond motifs is 2. The number of hydrogen-bond acceptors (Lipinski definition) is 3. The second-order valence-electron chi connectivity index (χ2n) is 7.57. The quantitative estimate of drug-likeness (QED) is 0.749. The molecule has 0 saturated heterocycles. The van der Waals surface area contributed by atoms with Gasteiger partial charge in [-0.15, -0.1) is 0 Å². The number of amides is 1. The molecule has 0 radical (unpaired) electrons. The predicted molar refractivity (Wildman–Crippen MR) is 105 cm³/mol. The fourth-order valence-electron chi connectivity index (χ4n) is 3.34. The zero-order valence-electron chi connectivity index (χ0n) is 15.1. The molecule has 5 nitrogen and oxygen atoms in total. The van der Waals surface area contributed by atoms with Crippen LogP contribution in [0.25, 0.3) is 10.8 Å². The van der Waals surface area contributed by atoms with E-state index in [4.69, 9.17) is 0 Å². The van der Waals surface area contributed by atoms with Crippen LogP contribution in [0, 0.1) is 0 Å². The monoisotopic (exact) mass is 367 g/mol. The summed E-state index contributed by atoms with van der Waals surface area (Å²) in [6.45, 7) is 6.12. The molecule has 6 heteroatoms. The van der Waals surface area contributed by atoms with E-state index in [1.54, 1.807) is 0 Å². The van der Waals surface area contributed by atoms with Gasteiger partial charge in [-0.05, 0) is 37.6 Å². The van der Waals surface area contributed by atoms with Crippen molar-refractivity contribution in [3.8, 4) is 0 Å². The Hall–Kier alpha value is -2.47. The van der Waals surface area contributed by atoms with E-state index in [0.29, 0.717) is 22.9 Å². The Kier molecular flexibility index (Phi) is 3.95. The fraction of sp³-hybridized carbons (Fsp3) is 0.300. The molecule has 4 rings (SSSR count). The first kappa shape index (κ1) is 17.0. The number of nitrogens with one attached hydrogen (secondary N) is 1. The van der Waals surface area contributed by atoms with Crippen LogP contribution in [-0.2, 0) is 27.8 Å². The number of hydrogen-bond donors (Lipinski definition) is 1. The zero-order chi connectivity index (χ0) is 18.5. The summed E-state index contributed by atoms with van der Waals surface area (Å²) in [7, 11) is -0.942. The number of benzene rings is 2. The van der Waals surface area contributed by atoms with Gasteiger partial charge in [0, 0.05) is 21.9 Å². The summed E-state index contributed by atoms with van der Waals surface area (Å²) < 4.78 is 13.8. The van der Waals surface area contributed by atoms with Gasteiger partial charge in [0.2, 0.25) is 0 Å². The second kappa shape index (κ2) is 6.06. The van der Waals surface area contributed by atoms with Gasteiger partial charge < -0.3 is 5.32 Å². The Balaban J connectivity index is 1.78. The number of aromatic nitrogens is 2. The van der Waals surface area contributed by atoms with E-state index in [9.17, 15) is 9.00 Å². The fourth-order valence-corrected chi connectivity index (χ4v) is 4.60. The summed E-state index contributed by atoms with van der Waals surface area (Å²) in [4.78, 5) is 13.1. The molecule has 26 heavy (non-hydrogen) atoms. The molecule has 3 aromatic rings. The standard InChI is InChI=1S/C20H21N3O2S/c1-20(2,3)23-18(16-11-26(25)12-17(16)22-23)21-19(24)15-10-6-8-13-7-4-5-9-14(13)15/h4-10H,11-12H2,1-3H3,(H,21,24). The summed E-state index contributed by atoms with van der Waals surface area (Å²) in [5, 5.41) is 9.62. The molecular formula is C20H21N3O2S. The van der Waals surface area contributed by atoms with Gasteiger partial charge >= 0.3 is 0 Å². The lowest BCUT2D eigenvalue weighted by atomic mass is 10.0. The molecule has 1 aromatic heterocycles. The topological polar surface area (TPSA) is 64.0 Å². The van der Waals surface area contributed by atoms with Gasteiger partial charge in [-0.25, -0.2) is 4.68 Å². The Morgan fingerprint density at radius 3 is 2.62 bits per heavy atom. The van der Waals surface area contributed by atoms with E-state index in [1.807, 2.05) is 67.9 Å². The normalized spacial score (nSPS) is 16.7. The van der Waals surface area contributed by atoms with E-state index >= 15 is 0 Å². The minimum Gasteiger partial charge on any atom is -0.306 e. The third kappa shape index (κ3) is 2.84. The number of nitrogens with zero attached hydrogens (tertiary/aromatic N) is 2. The van der Waals surface area contributed by atoms with Crippen LogP contribution in [0.15, 0.2) is 42.5 Å². The third-order valence-corrected chi connectivity index (χ3v) is 5.78. The van der Waals surface area contributed by atoms with Crippen molar-refractivity contribution in [3.05, 3.63) is 59.3 Å². The lowest BCUT2D eigenvalue weighted by Crippen LogP contribution is -2.27. The smallest absolute Gasteiger partial charge is 0.257 e. The summed E-state index contributed by atoms with van der Waals surface area (Å²) in [6.07, 6.45) is 0. The number of anilines is 1. The molecule has 1 aliphatic heterocycles. The van der Waals surface area contributed by atoms with Gasteiger partial charge in [-0.1, -0.05) is 36.4 Å². The molecule has 134 valence electrons. The molecule has 0 spiro atoms. The number of rotatable bonds is 2. The van der Waals surface area contributed by atoms with Crippen LogP contribution in [0.4, 0.5) is 5.82 Å². The lowest BCUT2D eigenvalue weighted by molar-refractivity contribution is 0.102. The molecule has 0 bridgehead atoms. The first-order chi connectivity index (χ1) is 12.3. The van der Waals surface area contributed by atoms with Crippen molar-refractivity contribution in [2.45, 2.75) is 37.8 Å². The minimum absolute atomic E-state index is 0.173. The Bertz CT molecular complexity index is 1040. The van der Waals surface area contributed by atoms with Crippen molar-refractivity contribution in [3.63, 3.8) is 0 Å². The Morgan fingerprint density at radius 1 is 1.12 bits per heavy atom.